The van der Waals surface area contributed by atoms with Crippen molar-refractivity contribution in [3.63, 3.8) is 0 Å². The summed E-state index contributed by atoms with van der Waals surface area (Å²) in [5.41, 5.74) is 3.50. The predicted octanol–water partition coefficient (Wildman–Crippen LogP) is 3.00. The van der Waals surface area contributed by atoms with Crippen molar-refractivity contribution >= 4 is 11.6 Å². The van der Waals surface area contributed by atoms with Gasteiger partial charge in [-0.2, -0.15) is 0 Å². The van der Waals surface area contributed by atoms with Crippen LogP contribution in [0, 0.1) is 12.3 Å². The van der Waals surface area contributed by atoms with Gasteiger partial charge in [0.25, 0.3) is 5.91 Å². The molecule has 1 heterocycles. The predicted molar refractivity (Wildman–Crippen MR) is 89.0 cm³/mol. The van der Waals surface area contributed by atoms with Gasteiger partial charge in [-0.3, -0.25) is 4.79 Å². The summed E-state index contributed by atoms with van der Waals surface area (Å²) in [7, 11) is 0. The van der Waals surface area contributed by atoms with Gasteiger partial charge in [-0.05, 0) is 60.8 Å². The number of hydrogen-bond donors (Lipinski definition) is 2. The summed E-state index contributed by atoms with van der Waals surface area (Å²) in [6.07, 6.45) is 6.48. The normalized spacial score (nSPS) is 17.0. The second-order valence-corrected chi connectivity index (χ2v) is 5.49. The van der Waals surface area contributed by atoms with Crippen LogP contribution < -0.4 is 10.6 Å². The Morgan fingerprint density at radius 2 is 1.86 bits per heavy atom. The van der Waals surface area contributed by atoms with Crippen molar-refractivity contribution in [1.29, 1.82) is 0 Å². The fourth-order valence-corrected chi connectivity index (χ4v) is 2.70. The average molecular weight is 290 g/mol. The molecule has 0 aliphatic carbocycles. The first-order valence-corrected chi connectivity index (χ1v) is 7.45. The van der Waals surface area contributed by atoms with Crippen molar-refractivity contribution < 1.29 is 4.79 Å². The molecule has 3 heteroatoms. The minimum absolute atomic E-state index is 0.126. The SMILES string of the molecule is C#Cc1ccc(C(=O)Nc2ccc([C@@H]3CCNC3)cc2)cc1. The molecule has 2 aromatic carbocycles. The third-order valence-electron chi connectivity index (χ3n) is 4.01. The summed E-state index contributed by atoms with van der Waals surface area (Å²) >= 11 is 0. The van der Waals surface area contributed by atoms with E-state index in [-0.39, 0.29) is 5.91 Å². The highest BCUT2D eigenvalue weighted by molar-refractivity contribution is 6.04. The van der Waals surface area contributed by atoms with Crippen LogP contribution in [-0.4, -0.2) is 19.0 Å². The van der Waals surface area contributed by atoms with Gasteiger partial charge in [0, 0.05) is 23.4 Å². The molecule has 0 unspecified atom stereocenters. The lowest BCUT2D eigenvalue weighted by molar-refractivity contribution is 0.102. The minimum Gasteiger partial charge on any atom is -0.322 e. The van der Waals surface area contributed by atoms with Gasteiger partial charge in [0.15, 0.2) is 0 Å². The Hall–Kier alpha value is -2.57. The van der Waals surface area contributed by atoms with Gasteiger partial charge in [0.1, 0.15) is 0 Å². The standard InChI is InChI=1S/C19H18N2O/c1-2-14-3-5-16(6-4-14)19(22)21-18-9-7-15(8-10-18)17-11-12-20-13-17/h1,3-10,17,20H,11-13H2,(H,21,22)/t17-/m1/s1. The van der Waals surface area contributed by atoms with Gasteiger partial charge in [0.05, 0.1) is 0 Å². The quantitative estimate of drug-likeness (QED) is 0.853. The van der Waals surface area contributed by atoms with E-state index in [2.05, 4.69) is 28.7 Å². The molecule has 1 atom stereocenters. The number of carbonyl (C=O) groups is 1. The van der Waals surface area contributed by atoms with Crippen LogP contribution in [0.15, 0.2) is 48.5 Å². The fourth-order valence-electron chi connectivity index (χ4n) is 2.70. The lowest BCUT2D eigenvalue weighted by Gasteiger charge is -2.10. The molecule has 0 aromatic heterocycles. The van der Waals surface area contributed by atoms with Crippen molar-refractivity contribution in [2.45, 2.75) is 12.3 Å². The van der Waals surface area contributed by atoms with Crippen LogP contribution in [0.2, 0.25) is 0 Å². The molecule has 1 amide bonds. The van der Waals surface area contributed by atoms with Crippen molar-refractivity contribution in [1.82, 2.24) is 5.32 Å². The van der Waals surface area contributed by atoms with E-state index in [1.54, 1.807) is 24.3 Å². The van der Waals surface area contributed by atoms with Gasteiger partial charge < -0.3 is 10.6 Å². The maximum absolute atomic E-state index is 12.2. The van der Waals surface area contributed by atoms with Crippen molar-refractivity contribution in [3.05, 3.63) is 65.2 Å². The maximum atomic E-state index is 12.2. The first kappa shape index (κ1) is 14.4. The first-order chi connectivity index (χ1) is 10.8. The molecule has 110 valence electrons. The summed E-state index contributed by atoms with van der Waals surface area (Å²) in [6, 6.07) is 15.1. The molecule has 0 radical (unpaired) electrons. The van der Waals surface area contributed by atoms with Crippen LogP contribution in [0.3, 0.4) is 0 Å². The van der Waals surface area contributed by atoms with Crippen LogP contribution in [-0.2, 0) is 0 Å². The Morgan fingerprint density at radius 3 is 2.45 bits per heavy atom. The third kappa shape index (κ3) is 3.19. The van der Waals surface area contributed by atoms with E-state index >= 15 is 0 Å². The number of anilines is 1. The highest BCUT2D eigenvalue weighted by Crippen LogP contribution is 2.23. The lowest BCUT2D eigenvalue weighted by atomic mass is 9.98. The molecule has 0 saturated carbocycles. The number of hydrogen-bond acceptors (Lipinski definition) is 2. The molecule has 3 rings (SSSR count). The minimum atomic E-state index is -0.126. The largest absolute Gasteiger partial charge is 0.322 e. The van der Waals surface area contributed by atoms with Gasteiger partial charge in [-0.25, -0.2) is 0 Å². The molecular formula is C19H18N2O. The number of carbonyl (C=O) groups excluding carboxylic acids is 1. The molecule has 0 spiro atoms. The van der Waals surface area contributed by atoms with Crippen LogP contribution in [0.25, 0.3) is 0 Å². The second-order valence-electron chi connectivity index (χ2n) is 5.49. The zero-order valence-corrected chi connectivity index (χ0v) is 12.3. The third-order valence-corrected chi connectivity index (χ3v) is 4.01. The Morgan fingerprint density at radius 1 is 1.14 bits per heavy atom. The highest BCUT2D eigenvalue weighted by Gasteiger charge is 2.16. The first-order valence-electron chi connectivity index (χ1n) is 7.45. The molecule has 1 saturated heterocycles. The molecule has 2 aromatic rings. The number of amides is 1. The van der Waals surface area contributed by atoms with E-state index in [4.69, 9.17) is 6.42 Å². The van der Waals surface area contributed by atoms with E-state index in [0.717, 1.165) is 24.3 Å². The van der Waals surface area contributed by atoms with Crippen LogP contribution in [0.5, 0.6) is 0 Å². The van der Waals surface area contributed by atoms with Crippen LogP contribution in [0.1, 0.15) is 33.8 Å². The molecule has 1 aliphatic heterocycles. The molecule has 2 N–H and O–H groups in total. The number of rotatable bonds is 3. The smallest absolute Gasteiger partial charge is 0.255 e. The topological polar surface area (TPSA) is 41.1 Å². The Bertz CT molecular complexity index is 690. The van der Waals surface area contributed by atoms with Gasteiger partial charge >= 0.3 is 0 Å². The molecule has 0 bridgehead atoms. The Labute approximate surface area is 130 Å². The second kappa shape index (κ2) is 6.46. The van der Waals surface area contributed by atoms with Gasteiger partial charge in [0.2, 0.25) is 0 Å². The molecular weight excluding hydrogens is 272 g/mol. The van der Waals surface area contributed by atoms with E-state index in [1.165, 1.54) is 12.0 Å². The van der Waals surface area contributed by atoms with Crippen LogP contribution in [0.4, 0.5) is 5.69 Å². The summed E-state index contributed by atoms with van der Waals surface area (Å²) in [6.45, 7) is 2.12. The maximum Gasteiger partial charge on any atom is 0.255 e. The number of benzene rings is 2. The van der Waals surface area contributed by atoms with Crippen molar-refractivity contribution in [3.8, 4) is 12.3 Å². The number of terminal acetylenes is 1. The summed E-state index contributed by atoms with van der Waals surface area (Å²) < 4.78 is 0. The zero-order chi connectivity index (χ0) is 15.4. The van der Waals surface area contributed by atoms with E-state index in [1.807, 2.05) is 12.1 Å². The van der Waals surface area contributed by atoms with Crippen LogP contribution >= 0.6 is 0 Å². The molecule has 22 heavy (non-hydrogen) atoms. The fraction of sp³-hybridized carbons (Fsp3) is 0.211. The molecule has 3 nitrogen and oxygen atoms in total. The van der Waals surface area contributed by atoms with Gasteiger partial charge in [-0.15, -0.1) is 6.42 Å². The lowest BCUT2D eigenvalue weighted by Crippen LogP contribution is -2.12. The van der Waals surface area contributed by atoms with E-state index in [0.29, 0.717) is 11.5 Å². The summed E-state index contributed by atoms with van der Waals surface area (Å²) in [5.74, 6) is 3.00. The van der Waals surface area contributed by atoms with Crippen molar-refractivity contribution in [2.75, 3.05) is 18.4 Å². The Kier molecular flexibility index (Phi) is 4.22. The molecule has 1 fully saturated rings. The number of nitrogens with one attached hydrogen (secondary N) is 2. The van der Waals surface area contributed by atoms with Gasteiger partial charge in [-0.1, -0.05) is 18.1 Å². The monoisotopic (exact) mass is 290 g/mol. The summed E-state index contributed by atoms with van der Waals surface area (Å²) in [4.78, 5) is 12.2. The van der Waals surface area contributed by atoms with E-state index in [9.17, 15) is 4.79 Å². The van der Waals surface area contributed by atoms with Crippen molar-refractivity contribution in [2.24, 2.45) is 0 Å². The molecule has 1 aliphatic rings. The zero-order valence-electron chi connectivity index (χ0n) is 12.3. The Balaban J connectivity index is 1.66. The average Bonchev–Trinajstić information content (AvgIpc) is 3.10. The highest BCUT2D eigenvalue weighted by atomic mass is 16.1. The summed E-state index contributed by atoms with van der Waals surface area (Å²) in [5, 5.41) is 6.27. The van der Waals surface area contributed by atoms with E-state index < -0.39 is 0 Å².